The first-order valence-electron chi connectivity index (χ1n) is 8.62. The summed E-state index contributed by atoms with van der Waals surface area (Å²) in [5, 5.41) is 4.61. The zero-order valence-electron chi connectivity index (χ0n) is 14.0. The van der Waals surface area contributed by atoms with Crippen LogP contribution in [0.3, 0.4) is 0 Å². The minimum absolute atomic E-state index is 0.449. The topological polar surface area (TPSA) is 45.9 Å². The van der Waals surface area contributed by atoms with Gasteiger partial charge in [0.1, 0.15) is 5.82 Å². The van der Waals surface area contributed by atoms with Gasteiger partial charge in [0, 0.05) is 57.2 Å². The summed E-state index contributed by atoms with van der Waals surface area (Å²) in [5.74, 6) is 1.16. The summed E-state index contributed by atoms with van der Waals surface area (Å²) in [5.41, 5.74) is 3.01. The van der Waals surface area contributed by atoms with Crippen LogP contribution in [-0.4, -0.2) is 64.9 Å². The van der Waals surface area contributed by atoms with Gasteiger partial charge in [0.15, 0.2) is 5.65 Å². The number of anilines is 1. The van der Waals surface area contributed by atoms with E-state index in [1.54, 1.807) is 0 Å². The molecule has 23 heavy (non-hydrogen) atoms. The summed E-state index contributed by atoms with van der Waals surface area (Å²) in [6.45, 7) is 10.3. The van der Waals surface area contributed by atoms with Crippen molar-refractivity contribution in [3.63, 3.8) is 0 Å². The highest BCUT2D eigenvalue weighted by Gasteiger charge is 2.24. The lowest BCUT2D eigenvalue weighted by Gasteiger charge is -2.36. The van der Waals surface area contributed by atoms with Gasteiger partial charge < -0.3 is 9.64 Å². The van der Waals surface area contributed by atoms with E-state index in [1.165, 1.54) is 12.8 Å². The molecule has 0 aromatic carbocycles. The first kappa shape index (κ1) is 14.9. The Morgan fingerprint density at radius 3 is 2.70 bits per heavy atom. The molecule has 4 rings (SSSR count). The van der Waals surface area contributed by atoms with Crippen LogP contribution >= 0.6 is 0 Å². The van der Waals surface area contributed by atoms with Gasteiger partial charge in [-0.2, -0.15) is 9.61 Å². The molecule has 0 saturated carbocycles. The van der Waals surface area contributed by atoms with Crippen molar-refractivity contribution in [2.45, 2.75) is 32.8 Å². The van der Waals surface area contributed by atoms with Gasteiger partial charge in [-0.1, -0.05) is 0 Å². The molecule has 2 aromatic rings. The second-order valence-corrected chi connectivity index (χ2v) is 6.73. The number of ether oxygens (including phenoxy) is 1. The summed E-state index contributed by atoms with van der Waals surface area (Å²) in [7, 11) is 0. The molecule has 2 fully saturated rings. The van der Waals surface area contributed by atoms with E-state index in [4.69, 9.17) is 4.74 Å². The van der Waals surface area contributed by atoms with Gasteiger partial charge in [0.2, 0.25) is 0 Å². The van der Waals surface area contributed by atoms with Crippen LogP contribution in [0.25, 0.3) is 5.65 Å². The number of aromatic nitrogens is 3. The average Bonchev–Trinajstić information content (AvgIpc) is 3.16. The molecule has 6 nitrogen and oxygen atoms in total. The van der Waals surface area contributed by atoms with Gasteiger partial charge in [-0.25, -0.2) is 4.98 Å². The Balaban J connectivity index is 1.47. The highest BCUT2D eigenvalue weighted by atomic mass is 16.5. The molecule has 2 aliphatic heterocycles. The molecule has 2 aliphatic rings. The number of fused-ring (bicyclic) bond motifs is 1. The monoisotopic (exact) mass is 315 g/mol. The average molecular weight is 315 g/mol. The standard InChI is InChI=1S/C17H25N5O/c1-13-11-17(22-16(18-13)10-14(2)19-22)21-7-5-20(6-8-21)12-15-4-3-9-23-15/h10-11,15H,3-9,12H2,1-2H3. The van der Waals surface area contributed by atoms with Gasteiger partial charge in [-0.3, -0.25) is 4.90 Å². The normalized spacial score (nSPS) is 23.0. The lowest BCUT2D eigenvalue weighted by atomic mass is 10.2. The second-order valence-electron chi connectivity index (χ2n) is 6.73. The molecule has 124 valence electrons. The van der Waals surface area contributed by atoms with Crippen LogP contribution in [0.5, 0.6) is 0 Å². The van der Waals surface area contributed by atoms with E-state index in [2.05, 4.69) is 32.9 Å². The molecule has 6 heteroatoms. The first-order valence-corrected chi connectivity index (χ1v) is 8.62. The number of nitrogens with zero attached hydrogens (tertiary/aromatic N) is 5. The number of piperazine rings is 1. The van der Waals surface area contributed by atoms with Crippen molar-refractivity contribution in [2.75, 3.05) is 44.2 Å². The third kappa shape index (κ3) is 3.05. The van der Waals surface area contributed by atoms with Crippen LogP contribution in [0.1, 0.15) is 24.2 Å². The van der Waals surface area contributed by atoms with Crippen molar-refractivity contribution in [2.24, 2.45) is 0 Å². The molecule has 0 amide bonds. The van der Waals surface area contributed by atoms with Gasteiger partial charge in [-0.05, 0) is 26.7 Å². The fourth-order valence-electron chi connectivity index (χ4n) is 3.66. The summed E-state index contributed by atoms with van der Waals surface area (Å²) >= 11 is 0. The molecule has 0 spiro atoms. The maximum atomic E-state index is 5.77. The maximum Gasteiger partial charge on any atom is 0.157 e. The van der Waals surface area contributed by atoms with Crippen LogP contribution in [-0.2, 0) is 4.74 Å². The lowest BCUT2D eigenvalue weighted by Crippen LogP contribution is -2.49. The lowest BCUT2D eigenvalue weighted by molar-refractivity contribution is 0.0712. The predicted octanol–water partition coefficient (Wildman–Crippen LogP) is 1.65. The highest BCUT2D eigenvalue weighted by Crippen LogP contribution is 2.21. The van der Waals surface area contributed by atoms with Gasteiger partial charge in [-0.15, -0.1) is 0 Å². The molecule has 0 N–H and O–H groups in total. The SMILES string of the molecule is Cc1cc(N2CCN(CC3CCCO3)CC2)n2nc(C)cc2n1. The largest absolute Gasteiger partial charge is 0.377 e. The highest BCUT2D eigenvalue weighted by molar-refractivity contribution is 5.52. The minimum atomic E-state index is 0.449. The van der Waals surface area contributed by atoms with E-state index in [0.717, 1.165) is 62.2 Å². The molecule has 4 heterocycles. The molecule has 2 aromatic heterocycles. The summed E-state index contributed by atoms with van der Waals surface area (Å²) < 4.78 is 7.75. The van der Waals surface area contributed by atoms with Crippen LogP contribution in [0.15, 0.2) is 12.1 Å². The number of aryl methyl sites for hydroxylation is 2. The first-order chi connectivity index (χ1) is 11.2. The molecule has 0 bridgehead atoms. The van der Waals surface area contributed by atoms with Gasteiger partial charge in [0.25, 0.3) is 0 Å². The minimum Gasteiger partial charge on any atom is -0.377 e. The number of rotatable bonds is 3. The van der Waals surface area contributed by atoms with Crippen LogP contribution in [0.2, 0.25) is 0 Å². The predicted molar refractivity (Wildman–Crippen MR) is 90.1 cm³/mol. The third-order valence-corrected chi connectivity index (χ3v) is 4.84. The summed E-state index contributed by atoms with van der Waals surface area (Å²) in [6.07, 6.45) is 2.89. The fourth-order valence-corrected chi connectivity index (χ4v) is 3.66. The van der Waals surface area contributed by atoms with Crippen LogP contribution < -0.4 is 4.90 Å². The summed E-state index contributed by atoms with van der Waals surface area (Å²) in [6, 6.07) is 4.19. The quantitative estimate of drug-likeness (QED) is 0.862. The van der Waals surface area contributed by atoms with Gasteiger partial charge >= 0.3 is 0 Å². The van der Waals surface area contributed by atoms with E-state index in [9.17, 15) is 0 Å². The van der Waals surface area contributed by atoms with Crippen LogP contribution in [0.4, 0.5) is 5.82 Å². The van der Waals surface area contributed by atoms with Crippen molar-refractivity contribution < 1.29 is 4.74 Å². The Labute approximate surface area is 137 Å². The van der Waals surface area contributed by atoms with Crippen molar-refractivity contribution in [1.29, 1.82) is 0 Å². The van der Waals surface area contributed by atoms with Crippen molar-refractivity contribution >= 4 is 11.5 Å². The zero-order valence-corrected chi connectivity index (χ0v) is 14.0. The molecule has 2 saturated heterocycles. The Bertz CT molecular complexity index is 684. The van der Waals surface area contributed by atoms with E-state index in [-0.39, 0.29) is 0 Å². The van der Waals surface area contributed by atoms with E-state index < -0.39 is 0 Å². The molecular formula is C17H25N5O. The Kier molecular flexibility index (Phi) is 3.95. The Hall–Kier alpha value is -1.66. The Morgan fingerprint density at radius 1 is 1.13 bits per heavy atom. The third-order valence-electron chi connectivity index (χ3n) is 4.84. The van der Waals surface area contributed by atoms with E-state index in [0.29, 0.717) is 6.10 Å². The Morgan fingerprint density at radius 2 is 1.96 bits per heavy atom. The molecule has 1 unspecified atom stereocenters. The van der Waals surface area contributed by atoms with E-state index >= 15 is 0 Å². The van der Waals surface area contributed by atoms with Crippen molar-refractivity contribution in [3.05, 3.63) is 23.5 Å². The molecular weight excluding hydrogens is 290 g/mol. The summed E-state index contributed by atoms with van der Waals surface area (Å²) in [4.78, 5) is 9.55. The van der Waals surface area contributed by atoms with Crippen LogP contribution in [0, 0.1) is 13.8 Å². The van der Waals surface area contributed by atoms with E-state index in [1.807, 2.05) is 17.5 Å². The second kappa shape index (κ2) is 6.09. The molecule has 0 aliphatic carbocycles. The van der Waals surface area contributed by atoms with Crippen molar-refractivity contribution in [1.82, 2.24) is 19.5 Å². The maximum absolute atomic E-state index is 5.77. The van der Waals surface area contributed by atoms with Gasteiger partial charge in [0.05, 0.1) is 11.8 Å². The molecule has 1 atom stereocenters. The zero-order chi connectivity index (χ0) is 15.8. The smallest absolute Gasteiger partial charge is 0.157 e. The number of hydrogen-bond acceptors (Lipinski definition) is 5. The van der Waals surface area contributed by atoms with Crippen molar-refractivity contribution in [3.8, 4) is 0 Å². The fraction of sp³-hybridized carbons (Fsp3) is 0.647. The number of hydrogen-bond donors (Lipinski definition) is 0. The molecule has 0 radical (unpaired) electrons.